The highest BCUT2D eigenvalue weighted by Gasteiger charge is 2.23. The first-order valence-electron chi connectivity index (χ1n) is 8.07. The predicted octanol–water partition coefficient (Wildman–Crippen LogP) is 3.65. The van der Waals surface area contributed by atoms with Crippen molar-refractivity contribution in [3.8, 4) is 11.4 Å². The number of carbonyl (C=O) groups excluding carboxylic acids is 1. The molecule has 0 aliphatic carbocycles. The van der Waals surface area contributed by atoms with Crippen molar-refractivity contribution in [1.82, 2.24) is 15.0 Å². The van der Waals surface area contributed by atoms with Gasteiger partial charge in [-0.2, -0.15) is 0 Å². The third-order valence-corrected chi connectivity index (χ3v) is 3.82. The number of amides is 1. The highest BCUT2D eigenvalue weighted by Crippen LogP contribution is 2.26. The molecule has 128 valence electrons. The molecule has 3 aromatic rings. The summed E-state index contributed by atoms with van der Waals surface area (Å²) in [6, 6.07) is 16.9. The Balaban J connectivity index is 1.97. The summed E-state index contributed by atoms with van der Waals surface area (Å²) in [5, 5.41) is 11.2. The van der Waals surface area contributed by atoms with E-state index < -0.39 is 0 Å². The van der Waals surface area contributed by atoms with Crippen molar-refractivity contribution in [3.63, 3.8) is 0 Å². The summed E-state index contributed by atoms with van der Waals surface area (Å²) >= 11 is 0. The van der Waals surface area contributed by atoms with Crippen LogP contribution in [0.4, 0.5) is 5.69 Å². The van der Waals surface area contributed by atoms with Gasteiger partial charge in [0.05, 0.1) is 24.2 Å². The summed E-state index contributed by atoms with van der Waals surface area (Å²) in [5.41, 5.74) is 2.54. The maximum Gasteiger partial charge on any atom is 0.278 e. The monoisotopic (exact) mass is 336 g/mol. The van der Waals surface area contributed by atoms with Gasteiger partial charge < -0.3 is 10.1 Å². The largest absolute Gasteiger partial charge is 0.495 e. The molecule has 0 aliphatic rings. The average molecular weight is 336 g/mol. The molecule has 0 aliphatic heterocycles. The van der Waals surface area contributed by atoms with Gasteiger partial charge in [0, 0.05) is 0 Å². The molecular weight excluding hydrogens is 316 g/mol. The second-order valence-electron chi connectivity index (χ2n) is 5.88. The highest BCUT2D eigenvalue weighted by atomic mass is 16.5. The van der Waals surface area contributed by atoms with Crippen LogP contribution in [0.1, 0.15) is 35.9 Å². The van der Waals surface area contributed by atoms with Crippen molar-refractivity contribution in [2.24, 2.45) is 0 Å². The number of nitrogens with one attached hydrogen (secondary N) is 1. The van der Waals surface area contributed by atoms with Crippen molar-refractivity contribution >= 4 is 11.6 Å². The van der Waals surface area contributed by atoms with Crippen molar-refractivity contribution in [2.45, 2.75) is 19.8 Å². The molecule has 0 fully saturated rings. The number of hydrogen-bond donors (Lipinski definition) is 1. The molecule has 2 aromatic carbocycles. The van der Waals surface area contributed by atoms with E-state index in [9.17, 15) is 4.79 Å². The topological polar surface area (TPSA) is 69.0 Å². The summed E-state index contributed by atoms with van der Waals surface area (Å²) in [6.07, 6.45) is 0. The van der Waals surface area contributed by atoms with Crippen LogP contribution in [0.15, 0.2) is 54.6 Å². The standard InChI is InChI=1S/C19H20N4O2/c1-13(2)18-17(21-22-23(18)14-9-5-4-6-10-14)19(24)20-15-11-7-8-12-16(15)25-3/h4-13H,1-3H3,(H,20,24). The summed E-state index contributed by atoms with van der Waals surface area (Å²) in [7, 11) is 1.57. The molecule has 6 nitrogen and oxygen atoms in total. The van der Waals surface area contributed by atoms with E-state index >= 15 is 0 Å². The Hall–Kier alpha value is -3.15. The van der Waals surface area contributed by atoms with Gasteiger partial charge in [-0.15, -0.1) is 5.10 Å². The second-order valence-corrected chi connectivity index (χ2v) is 5.88. The van der Waals surface area contributed by atoms with Crippen molar-refractivity contribution in [1.29, 1.82) is 0 Å². The fourth-order valence-corrected chi connectivity index (χ4v) is 2.66. The minimum atomic E-state index is -0.310. The van der Waals surface area contributed by atoms with Gasteiger partial charge in [0.15, 0.2) is 5.69 Å². The van der Waals surface area contributed by atoms with Crippen LogP contribution in [0.3, 0.4) is 0 Å². The fourth-order valence-electron chi connectivity index (χ4n) is 2.66. The van der Waals surface area contributed by atoms with Gasteiger partial charge in [0.2, 0.25) is 0 Å². The molecule has 0 bridgehead atoms. The molecule has 0 spiro atoms. The number of carbonyl (C=O) groups is 1. The Labute approximate surface area is 146 Å². The Kier molecular flexibility index (Phi) is 4.79. The lowest BCUT2D eigenvalue weighted by atomic mass is 10.1. The summed E-state index contributed by atoms with van der Waals surface area (Å²) in [5.74, 6) is 0.362. The van der Waals surface area contributed by atoms with Crippen molar-refractivity contribution in [3.05, 3.63) is 66.0 Å². The van der Waals surface area contributed by atoms with Gasteiger partial charge in [0.1, 0.15) is 5.75 Å². The number of methoxy groups -OCH3 is 1. The molecule has 1 aromatic heterocycles. The van der Waals surface area contributed by atoms with Gasteiger partial charge in [0.25, 0.3) is 5.91 Å². The Morgan fingerprint density at radius 3 is 2.44 bits per heavy atom. The molecule has 0 saturated heterocycles. The van der Waals surface area contributed by atoms with Crippen LogP contribution in [-0.2, 0) is 0 Å². The van der Waals surface area contributed by atoms with Gasteiger partial charge in [-0.25, -0.2) is 4.68 Å². The van der Waals surface area contributed by atoms with E-state index in [4.69, 9.17) is 4.74 Å². The lowest BCUT2D eigenvalue weighted by Crippen LogP contribution is -2.16. The first-order chi connectivity index (χ1) is 12.1. The average Bonchev–Trinajstić information content (AvgIpc) is 3.08. The zero-order chi connectivity index (χ0) is 17.8. The van der Waals surface area contributed by atoms with Crippen LogP contribution < -0.4 is 10.1 Å². The van der Waals surface area contributed by atoms with Crippen molar-refractivity contribution < 1.29 is 9.53 Å². The number of anilines is 1. The minimum absolute atomic E-state index is 0.0774. The summed E-state index contributed by atoms with van der Waals surface area (Å²) in [6.45, 7) is 4.02. The Morgan fingerprint density at radius 1 is 1.08 bits per heavy atom. The van der Waals surface area contributed by atoms with Crippen LogP contribution in [0.5, 0.6) is 5.75 Å². The molecule has 25 heavy (non-hydrogen) atoms. The minimum Gasteiger partial charge on any atom is -0.495 e. The van der Waals surface area contributed by atoms with Crippen LogP contribution in [0.2, 0.25) is 0 Å². The molecule has 0 saturated carbocycles. The zero-order valence-corrected chi connectivity index (χ0v) is 14.4. The second kappa shape index (κ2) is 7.17. The quantitative estimate of drug-likeness (QED) is 0.772. The van der Waals surface area contributed by atoms with Crippen LogP contribution >= 0.6 is 0 Å². The number of benzene rings is 2. The highest BCUT2D eigenvalue weighted by molar-refractivity contribution is 6.04. The molecule has 1 amide bonds. The SMILES string of the molecule is COc1ccccc1NC(=O)c1nnn(-c2ccccc2)c1C(C)C. The van der Waals surface area contributed by atoms with E-state index in [2.05, 4.69) is 15.6 Å². The number of nitrogens with zero attached hydrogens (tertiary/aromatic N) is 3. The zero-order valence-electron chi connectivity index (χ0n) is 14.4. The normalized spacial score (nSPS) is 10.7. The Morgan fingerprint density at radius 2 is 1.76 bits per heavy atom. The number of hydrogen-bond acceptors (Lipinski definition) is 4. The van der Waals surface area contributed by atoms with E-state index in [0.717, 1.165) is 11.4 Å². The van der Waals surface area contributed by atoms with E-state index in [0.29, 0.717) is 17.1 Å². The van der Waals surface area contributed by atoms with E-state index in [1.807, 2.05) is 56.3 Å². The number of ether oxygens (including phenoxy) is 1. The summed E-state index contributed by atoms with van der Waals surface area (Å²) < 4.78 is 6.99. The molecule has 6 heteroatoms. The number of aromatic nitrogens is 3. The van der Waals surface area contributed by atoms with E-state index in [1.165, 1.54) is 0 Å². The van der Waals surface area contributed by atoms with Crippen LogP contribution in [-0.4, -0.2) is 28.0 Å². The van der Waals surface area contributed by atoms with Crippen LogP contribution in [0.25, 0.3) is 5.69 Å². The van der Waals surface area contributed by atoms with Gasteiger partial charge in [-0.05, 0) is 30.2 Å². The third kappa shape index (κ3) is 3.38. The summed E-state index contributed by atoms with van der Waals surface area (Å²) in [4.78, 5) is 12.8. The third-order valence-electron chi connectivity index (χ3n) is 3.82. The molecule has 0 unspecified atom stereocenters. The fraction of sp³-hybridized carbons (Fsp3) is 0.211. The molecule has 0 atom stereocenters. The maximum atomic E-state index is 12.8. The van der Waals surface area contributed by atoms with Gasteiger partial charge >= 0.3 is 0 Å². The van der Waals surface area contributed by atoms with Crippen LogP contribution in [0, 0.1) is 0 Å². The predicted molar refractivity (Wildman–Crippen MR) is 96.4 cm³/mol. The first-order valence-corrected chi connectivity index (χ1v) is 8.07. The Bertz CT molecular complexity index is 872. The number of rotatable bonds is 5. The van der Waals surface area contributed by atoms with Gasteiger partial charge in [-0.3, -0.25) is 4.79 Å². The lowest BCUT2D eigenvalue weighted by Gasteiger charge is -2.12. The van der Waals surface area contributed by atoms with Crippen molar-refractivity contribution in [2.75, 3.05) is 12.4 Å². The molecule has 0 radical (unpaired) electrons. The lowest BCUT2D eigenvalue weighted by molar-refractivity contribution is 0.102. The molecule has 1 heterocycles. The van der Waals surface area contributed by atoms with E-state index in [-0.39, 0.29) is 11.8 Å². The molecular formula is C19H20N4O2. The maximum absolute atomic E-state index is 12.8. The smallest absolute Gasteiger partial charge is 0.278 e. The number of para-hydroxylation sites is 3. The first kappa shape index (κ1) is 16.7. The molecule has 1 N–H and O–H groups in total. The molecule has 3 rings (SSSR count). The van der Waals surface area contributed by atoms with E-state index in [1.54, 1.807) is 23.9 Å². The van der Waals surface area contributed by atoms with Gasteiger partial charge in [-0.1, -0.05) is 49.4 Å².